The van der Waals surface area contributed by atoms with E-state index in [0.29, 0.717) is 41.4 Å². The zero-order chi connectivity index (χ0) is 21.7. The third-order valence-electron chi connectivity index (χ3n) is 7.83. The highest BCUT2D eigenvalue weighted by Gasteiger charge is 2.41. The van der Waals surface area contributed by atoms with E-state index in [4.69, 9.17) is 9.97 Å². The molecule has 6 heteroatoms. The number of halogens is 1. The average Bonchev–Trinajstić information content (AvgIpc) is 3.27. The van der Waals surface area contributed by atoms with Crippen LogP contribution < -0.4 is 0 Å². The Labute approximate surface area is 186 Å². The zero-order valence-electron chi connectivity index (χ0n) is 18.1. The third kappa shape index (κ3) is 3.20. The summed E-state index contributed by atoms with van der Waals surface area (Å²) in [5.41, 5.74) is 3.19. The summed E-state index contributed by atoms with van der Waals surface area (Å²) in [6.45, 7) is 2.36. The van der Waals surface area contributed by atoms with Crippen molar-refractivity contribution in [3.05, 3.63) is 60.6 Å². The van der Waals surface area contributed by atoms with Crippen LogP contribution in [-0.2, 0) is 6.42 Å². The summed E-state index contributed by atoms with van der Waals surface area (Å²) < 4.78 is 15.9. The number of nitrogens with one attached hydrogen (secondary N) is 1. The van der Waals surface area contributed by atoms with Gasteiger partial charge < -0.3 is 4.98 Å². The maximum Gasteiger partial charge on any atom is 0.170 e. The molecule has 0 unspecified atom stereocenters. The van der Waals surface area contributed by atoms with Crippen LogP contribution in [0.3, 0.4) is 0 Å². The maximum absolute atomic E-state index is 15.9. The van der Waals surface area contributed by atoms with Crippen molar-refractivity contribution in [1.29, 1.82) is 0 Å². The number of hydrogen-bond donors (Lipinski definition) is 1. The van der Waals surface area contributed by atoms with Crippen molar-refractivity contribution in [1.82, 2.24) is 24.9 Å². The predicted molar refractivity (Wildman–Crippen MR) is 122 cm³/mol. The predicted octanol–water partition coefficient (Wildman–Crippen LogP) is 5.84. The summed E-state index contributed by atoms with van der Waals surface area (Å²) in [6.07, 6.45) is 11.0. The van der Waals surface area contributed by atoms with E-state index in [1.807, 2.05) is 36.5 Å². The second-order valence-corrected chi connectivity index (χ2v) is 9.41. The van der Waals surface area contributed by atoms with Crippen LogP contribution in [0.25, 0.3) is 33.7 Å². The molecule has 5 nitrogen and oxygen atoms in total. The lowest BCUT2D eigenvalue weighted by Crippen LogP contribution is -2.39. The van der Waals surface area contributed by atoms with E-state index in [1.165, 1.54) is 32.0 Å². The molecule has 3 aliphatic rings. The van der Waals surface area contributed by atoms with Crippen molar-refractivity contribution in [2.75, 3.05) is 0 Å². The molecule has 3 fully saturated rings. The first-order valence-corrected chi connectivity index (χ1v) is 11.6. The number of hydrogen-bond acceptors (Lipinski definition) is 4. The van der Waals surface area contributed by atoms with Gasteiger partial charge in [-0.25, -0.2) is 24.3 Å². The summed E-state index contributed by atoms with van der Waals surface area (Å²) in [5.74, 6) is 2.78. The van der Waals surface area contributed by atoms with Gasteiger partial charge in [0.2, 0.25) is 0 Å². The first-order valence-electron chi connectivity index (χ1n) is 11.6. The summed E-state index contributed by atoms with van der Waals surface area (Å²) in [5, 5.41) is 0.842. The standard InChI is InChI=1S/C26H26FN5/c1-15-16-7-9-17(10-8-16)19(15)11-22-23(27)24(18-5-3-2-4-6-18)32-26(31-22)21-13-29-25-20(21)12-28-14-30-25/h2-6,12-17,19H,7-11H2,1H3,(H,28,29,30)/t15-,16?,17?,19+/m1/s1. The number of nitrogens with zero attached hydrogens (tertiary/aromatic N) is 4. The van der Waals surface area contributed by atoms with E-state index in [1.54, 1.807) is 6.20 Å². The van der Waals surface area contributed by atoms with E-state index in [-0.39, 0.29) is 5.82 Å². The fourth-order valence-electron chi connectivity index (χ4n) is 6.04. The van der Waals surface area contributed by atoms with Crippen molar-refractivity contribution in [2.24, 2.45) is 23.7 Å². The molecular weight excluding hydrogens is 401 g/mol. The molecule has 3 heterocycles. The summed E-state index contributed by atoms with van der Waals surface area (Å²) in [4.78, 5) is 21.1. The van der Waals surface area contributed by atoms with E-state index in [9.17, 15) is 0 Å². The number of fused-ring (bicyclic) bond motifs is 4. The Morgan fingerprint density at radius 1 is 1.03 bits per heavy atom. The first kappa shape index (κ1) is 19.5. The Morgan fingerprint density at radius 2 is 1.81 bits per heavy atom. The summed E-state index contributed by atoms with van der Waals surface area (Å²) in [6, 6.07) is 9.57. The number of aromatic nitrogens is 5. The minimum absolute atomic E-state index is 0.287. The van der Waals surface area contributed by atoms with Crippen LogP contribution in [0, 0.1) is 29.5 Å². The summed E-state index contributed by atoms with van der Waals surface area (Å²) in [7, 11) is 0. The molecule has 3 aromatic heterocycles. The van der Waals surface area contributed by atoms with Crippen LogP contribution in [0.15, 0.2) is 49.1 Å². The molecule has 0 spiro atoms. The molecule has 4 aromatic rings. The largest absolute Gasteiger partial charge is 0.345 e. The minimum atomic E-state index is -0.287. The average molecular weight is 428 g/mol. The van der Waals surface area contributed by atoms with Gasteiger partial charge in [-0.2, -0.15) is 0 Å². The van der Waals surface area contributed by atoms with Gasteiger partial charge in [0.1, 0.15) is 17.7 Å². The molecule has 2 bridgehead atoms. The van der Waals surface area contributed by atoms with Crippen LogP contribution in [0.2, 0.25) is 0 Å². The van der Waals surface area contributed by atoms with Crippen molar-refractivity contribution in [2.45, 2.75) is 39.0 Å². The highest BCUT2D eigenvalue weighted by atomic mass is 19.1. The van der Waals surface area contributed by atoms with Crippen molar-refractivity contribution in [3.63, 3.8) is 0 Å². The Morgan fingerprint density at radius 3 is 2.59 bits per heavy atom. The fraction of sp³-hybridized carbons (Fsp3) is 0.385. The maximum atomic E-state index is 15.9. The highest BCUT2D eigenvalue weighted by molar-refractivity contribution is 5.91. The number of H-pyrrole nitrogens is 1. The van der Waals surface area contributed by atoms with Gasteiger partial charge in [-0.3, -0.25) is 0 Å². The van der Waals surface area contributed by atoms with Crippen LogP contribution in [0.1, 0.15) is 38.3 Å². The second-order valence-electron chi connectivity index (χ2n) is 9.41. The monoisotopic (exact) mass is 427 g/mol. The molecule has 2 atom stereocenters. The van der Waals surface area contributed by atoms with E-state index < -0.39 is 0 Å². The Hall–Kier alpha value is -3.15. The Kier molecular flexibility index (Phi) is 4.74. The van der Waals surface area contributed by atoms with Gasteiger partial charge in [0.25, 0.3) is 0 Å². The van der Waals surface area contributed by atoms with E-state index in [0.717, 1.165) is 28.1 Å². The van der Waals surface area contributed by atoms with E-state index in [2.05, 4.69) is 21.9 Å². The van der Waals surface area contributed by atoms with Gasteiger partial charge in [-0.15, -0.1) is 0 Å². The van der Waals surface area contributed by atoms with Crippen molar-refractivity contribution >= 4 is 11.0 Å². The van der Waals surface area contributed by atoms with Crippen LogP contribution in [-0.4, -0.2) is 24.9 Å². The van der Waals surface area contributed by atoms with Crippen LogP contribution >= 0.6 is 0 Å². The molecule has 0 saturated heterocycles. The van der Waals surface area contributed by atoms with Crippen LogP contribution in [0.4, 0.5) is 4.39 Å². The van der Waals surface area contributed by atoms with Gasteiger partial charge >= 0.3 is 0 Å². The van der Waals surface area contributed by atoms with Crippen molar-refractivity contribution < 1.29 is 4.39 Å². The molecule has 0 amide bonds. The Bertz CT molecular complexity index is 1260. The topological polar surface area (TPSA) is 67.3 Å². The number of rotatable bonds is 4. The third-order valence-corrected chi connectivity index (χ3v) is 7.83. The lowest BCUT2D eigenvalue weighted by molar-refractivity contribution is 0.0334. The van der Waals surface area contributed by atoms with Crippen LogP contribution in [0.5, 0.6) is 0 Å². The molecule has 0 radical (unpaired) electrons. The van der Waals surface area contributed by atoms with Crippen molar-refractivity contribution in [3.8, 4) is 22.6 Å². The molecular formula is C26H26FN5. The highest BCUT2D eigenvalue weighted by Crippen LogP contribution is 2.50. The molecule has 1 aromatic carbocycles. The molecule has 1 N–H and O–H groups in total. The molecule has 7 rings (SSSR count). The van der Waals surface area contributed by atoms with Gasteiger partial charge in [-0.05, 0) is 55.8 Å². The lowest BCUT2D eigenvalue weighted by atomic mass is 9.58. The van der Waals surface area contributed by atoms with Gasteiger partial charge in [0, 0.05) is 28.9 Å². The molecule has 162 valence electrons. The minimum Gasteiger partial charge on any atom is -0.345 e. The number of benzene rings is 1. The fourth-order valence-corrected chi connectivity index (χ4v) is 6.04. The number of aromatic amines is 1. The normalized spacial score (nSPS) is 24.8. The van der Waals surface area contributed by atoms with E-state index >= 15 is 4.39 Å². The smallest absolute Gasteiger partial charge is 0.170 e. The Balaban J connectivity index is 1.49. The molecule has 3 aliphatic carbocycles. The quantitative estimate of drug-likeness (QED) is 0.445. The summed E-state index contributed by atoms with van der Waals surface area (Å²) >= 11 is 0. The SMILES string of the molecule is C[C@@H]1C2CCC(CC2)[C@H]1Cc1nc(-c2c[nH]c3ncncc23)nc(-c2ccccc2)c1F. The molecule has 3 saturated carbocycles. The van der Waals surface area contributed by atoms with Gasteiger partial charge in [-0.1, -0.05) is 37.3 Å². The van der Waals surface area contributed by atoms with Gasteiger partial charge in [0.05, 0.1) is 5.69 Å². The van der Waals surface area contributed by atoms with Gasteiger partial charge in [0.15, 0.2) is 11.6 Å². The lowest BCUT2D eigenvalue weighted by Gasteiger charge is -2.47. The zero-order valence-corrected chi connectivity index (χ0v) is 18.1. The molecule has 32 heavy (non-hydrogen) atoms. The molecule has 0 aliphatic heterocycles. The second kappa shape index (κ2) is 7.76. The first-order chi connectivity index (χ1) is 15.7.